The quantitative estimate of drug-likeness (QED) is 0.254. The second kappa shape index (κ2) is 13.0. The monoisotopic (exact) mass is 607 g/mol. The molecule has 2 rings (SSSR count). The van der Waals surface area contributed by atoms with Gasteiger partial charge in [-0.2, -0.15) is 0 Å². The molecule has 2 aliphatic carbocycles. The van der Waals surface area contributed by atoms with Gasteiger partial charge in [-0.25, -0.2) is 0 Å². The molecule has 0 aromatic heterocycles. The molecule has 0 aromatic carbocycles. The van der Waals surface area contributed by atoms with E-state index in [0.717, 1.165) is 35.8 Å². The zero-order valence-corrected chi connectivity index (χ0v) is 33.7. The zero-order chi connectivity index (χ0) is 32.0. The normalized spacial score (nSPS) is 29.9. The zero-order valence-electron chi connectivity index (χ0n) is 31.7. The maximum Gasteiger partial charge on any atom is 0.119 e. The van der Waals surface area contributed by atoms with E-state index in [2.05, 4.69) is 131 Å². The lowest BCUT2D eigenvalue weighted by Gasteiger charge is -2.57. The van der Waals surface area contributed by atoms with Crippen LogP contribution in [0.3, 0.4) is 0 Å². The van der Waals surface area contributed by atoms with Crippen LogP contribution in [-0.4, -0.2) is 50.8 Å². The van der Waals surface area contributed by atoms with E-state index in [1.54, 1.807) is 0 Å². The van der Waals surface area contributed by atoms with Gasteiger partial charge in [0.05, 0.1) is 0 Å². The van der Waals surface area contributed by atoms with Crippen LogP contribution < -0.4 is 0 Å². The Bertz CT molecular complexity index is 697. The van der Waals surface area contributed by atoms with Crippen LogP contribution in [0.1, 0.15) is 128 Å². The summed E-state index contributed by atoms with van der Waals surface area (Å²) in [5.41, 5.74) is 1.44. The molecule has 0 aromatic rings. The largest absolute Gasteiger partial charge is 0.321 e. The predicted octanol–water partition coefficient (Wildman–Crippen LogP) is 11.4. The fraction of sp³-hybridized carbons (Fsp3) is 1.00. The Kier molecular flexibility index (Phi) is 11.9. The average molecular weight is 607 g/mol. The molecule has 0 spiro atoms. The van der Waals surface area contributed by atoms with Gasteiger partial charge in [0.15, 0.2) is 0 Å². The minimum Gasteiger partial charge on any atom is -0.321 e. The minimum atomic E-state index is -1.53. The number of rotatable bonds is 8. The molecule has 244 valence electrons. The summed E-state index contributed by atoms with van der Waals surface area (Å²) in [7, 11) is -3.07. The Labute approximate surface area is 262 Å². The number of hydrogen-bond acceptors (Lipinski definition) is 2. The molecule has 0 saturated heterocycles. The molecule has 2 nitrogen and oxygen atoms in total. The first-order chi connectivity index (χ1) is 18.2. The highest BCUT2D eigenvalue weighted by atomic mass is 28.3. The molecule has 2 saturated carbocycles. The number of nitrogens with zero attached hydrogens (tertiary/aromatic N) is 2. The molecular formula is C37H78N2Si2. The molecule has 0 radical (unpaired) electrons. The maximum atomic E-state index is 3.16. The van der Waals surface area contributed by atoms with Crippen molar-refractivity contribution in [2.24, 2.45) is 45.3 Å². The topological polar surface area (TPSA) is 6.48 Å². The van der Waals surface area contributed by atoms with Crippen molar-refractivity contribution in [2.75, 3.05) is 13.1 Å². The van der Waals surface area contributed by atoms with Gasteiger partial charge in [-0.15, -0.1) is 0 Å². The van der Waals surface area contributed by atoms with Crippen molar-refractivity contribution in [2.45, 2.75) is 179 Å². The molecule has 0 N–H and O–H groups in total. The minimum absolute atomic E-state index is 0.360. The summed E-state index contributed by atoms with van der Waals surface area (Å²) in [6, 6.07) is 1.44. The third-order valence-electron chi connectivity index (χ3n) is 11.4. The Morgan fingerprint density at radius 1 is 0.439 bits per heavy atom. The molecule has 41 heavy (non-hydrogen) atoms. The smallest absolute Gasteiger partial charge is 0.119 e. The van der Waals surface area contributed by atoms with E-state index < -0.39 is 16.5 Å². The molecule has 0 bridgehead atoms. The van der Waals surface area contributed by atoms with E-state index in [-0.39, 0.29) is 0 Å². The van der Waals surface area contributed by atoms with Crippen LogP contribution in [0.25, 0.3) is 0 Å². The van der Waals surface area contributed by atoms with Gasteiger partial charge in [0, 0.05) is 12.1 Å². The fourth-order valence-corrected chi connectivity index (χ4v) is 13.5. The van der Waals surface area contributed by atoms with E-state index in [0.29, 0.717) is 21.7 Å². The van der Waals surface area contributed by atoms with E-state index in [9.17, 15) is 0 Å². The van der Waals surface area contributed by atoms with Crippen LogP contribution in [0.15, 0.2) is 0 Å². The predicted molar refractivity (Wildman–Crippen MR) is 192 cm³/mol. The summed E-state index contributed by atoms with van der Waals surface area (Å²) in [6.07, 6.45) is 9.77. The second-order valence-electron chi connectivity index (χ2n) is 20.8. The van der Waals surface area contributed by atoms with Crippen molar-refractivity contribution in [3.63, 3.8) is 0 Å². The highest BCUT2D eigenvalue weighted by Gasteiger charge is 2.50. The lowest BCUT2D eigenvalue weighted by molar-refractivity contribution is -0.0135. The van der Waals surface area contributed by atoms with Crippen molar-refractivity contribution in [1.82, 2.24) is 9.13 Å². The fourth-order valence-electron chi connectivity index (χ4n) is 9.28. The van der Waals surface area contributed by atoms with Gasteiger partial charge in [0.25, 0.3) is 0 Å². The van der Waals surface area contributed by atoms with Gasteiger partial charge >= 0.3 is 0 Å². The Hall–Kier alpha value is 0.354. The molecular weight excluding hydrogens is 529 g/mol. The van der Waals surface area contributed by atoms with Crippen molar-refractivity contribution in [3.8, 4) is 0 Å². The lowest BCUT2D eigenvalue weighted by Crippen LogP contribution is -2.63. The van der Waals surface area contributed by atoms with Crippen LogP contribution in [-0.2, 0) is 0 Å². The summed E-state index contributed by atoms with van der Waals surface area (Å²) in [5, 5.41) is 0. The highest BCUT2D eigenvalue weighted by molar-refractivity contribution is 6.73. The van der Waals surface area contributed by atoms with E-state index in [1.807, 2.05) is 0 Å². The summed E-state index contributed by atoms with van der Waals surface area (Å²) in [5.74, 6) is 3.15. The van der Waals surface area contributed by atoms with E-state index in [1.165, 1.54) is 58.0 Å². The van der Waals surface area contributed by atoms with Gasteiger partial charge in [-0.05, 0) is 90.5 Å². The van der Waals surface area contributed by atoms with Crippen LogP contribution >= 0.6 is 0 Å². The molecule has 2 fully saturated rings. The summed E-state index contributed by atoms with van der Waals surface area (Å²) in [6.45, 7) is 48.8. The first kappa shape index (κ1) is 37.5. The molecule has 4 heteroatoms. The van der Waals surface area contributed by atoms with Gasteiger partial charge < -0.3 is 9.13 Å². The Morgan fingerprint density at radius 2 is 0.659 bits per heavy atom. The summed E-state index contributed by atoms with van der Waals surface area (Å²) in [4.78, 5) is 0. The maximum absolute atomic E-state index is 3.16. The van der Waals surface area contributed by atoms with Gasteiger partial charge in [-0.3, -0.25) is 0 Å². The molecule has 4 unspecified atom stereocenters. The third kappa shape index (κ3) is 9.67. The Balaban J connectivity index is 2.48. The van der Waals surface area contributed by atoms with E-state index >= 15 is 0 Å². The summed E-state index contributed by atoms with van der Waals surface area (Å²) >= 11 is 0. The average Bonchev–Trinajstić information content (AvgIpc) is 2.74. The molecule has 4 atom stereocenters. The molecule has 0 heterocycles. The SMILES string of the molecule is CC(C)(C)C1CCCC(C(C)(C)C)C1N(CCCN(C1C(C(C)(C)C)CCCC1C(C)(C)C)[Si](C)(C)C)[Si](C)(C)C. The Morgan fingerprint density at radius 3 is 0.829 bits per heavy atom. The molecule has 2 aliphatic rings. The van der Waals surface area contributed by atoms with E-state index in [4.69, 9.17) is 0 Å². The first-order valence-electron chi connectivity index (χ1n) is 17.7. The van der Waals surface area contributed by atoms with Crippen molar-refractivity contribution < 1.29 is 0 Å². The number of hydrogen-bond donors (Lipinski definition) is 0. The van der Waals surface area contributed by atoms with Gasteiger partial charge in [0.2, 0.25) is 0 Å². The lowest BCUT2D eigenvalue weighted by atomic mass is 9.60. The van der Waals surface area contributed by atoms with Crippen LogP contribution in [0.5, 0.6) is 0 Å². The van der Waals surface area contributed by atoms with Gasteiger partial charge in [0.1, 0.15) is 16.5 Å². The van der Waals surface area contributed by atoms with Crippen molar-refractivity contribution >= 4 is 16.5 Å². The van der Waals surface area contributed by atoms with Crippen LogP contribution in [0.4, 0.5) is 0 Å². The summed E-state index contributed by atoms with van der Waals surface area (Å²) < 4.78 is 6.31. The van der Waals surface area contributed by atoms with Gasteiger partial charge in [-0.1, -0.05) is 135 Å². The van der Waals surface area contributed by atoms with Crippen molar-refractivity contribution in [3.05, 3.63) is 0 Å². The molecule has 0 aliphatic heterocycles. The standard InChI is InChI=1S/C37H78N2Si2/c1-34(2,3)28-22-19-23-29(35(4,5)6)32(28)38(40(13,14)15)26-21-27-39(41(16,17)18)33-30(36(7,8)9)24-20-25-31(33)37(10,11)12/h28-33H,19-27H2,1-18H3. The first-order valence-corrected chi connectivity index (χ1v) is 24.6. The van der Waals surface area contributed by atoms with Crippen LogP contribution in [0.2, 0.25) is 39.3 Å². The second-order valence-corrected chi connectivity index (χ2v) is 30.6. The third-order valence-corrected chi connectivity index (χ3v) is 15.9. The highest BCUT2D eigenvalue weighted by Crippen LogP contribution is 2.51. The van der Waals surface area contributed by atoms with Crippen molar-refractivity contribution in [1.29, 1.82) is 0 Å². The van der Waals surface area contributed by atoms with Crippen LogP contribution in [0, 0.1) is 45.3 Å². The molecule has 0 amide bonds.